The molecule has 176 valence electrons. The molecule has 4 aromatic rings. The van der Waals surface area contributed by atoms with E-state index in [-0.39, 0.29) is 5.91 Å². The van der Waals surface area contributed by atoms with E-state index in [4.69, 9.17) is 16.1 Å². The van der Waals surface area contributed by atoms with Gasteiger partial charge in [0, 0.05) is 60.4 Å². The van der Waals surface area contributed by atoms with Crippen LogP contribution in [0.2, 0.25) is 5.02 Å². The van der Waals surface area contributed by atoms with Crippen LogP contribution in [0.4, 0.5) is 0 Å². The lowest BCUT2D eigenvalue weighted by Crippen LogP contribution is -2.49. The topological polar surface area (TPSA) is 90.3 Å². The smallest absolute Gasteiger partial charge is 0.241 e. The van der Waals surface area contributed by atoms with E-state index >= 15 is 0 Å². The summed E-state index contributed by atoms with van der Waals surface area (Å²) in [5.74, 6) is 1.22. The summed E-state index contributed by atoms with van der Waals surface area (Å²) in [5, 5.41) is 9.03. The van der Waals surface area contributed by atoms with Crippen molar-refractivity contribution < 1.29 is 9.32 Å². The van der Waals surface area contributed by atoms with Gasteiger partial charge in [-0.2, -0.15) is 4.98 Å². The lowest BCUT2D eigenvalue weighted by atomic mass is 10.1. The standard InChI is InChI=1S/C25H27ClN6O2/c26-20-7-5-18(6-8-20)25-29-24(34-30-25)17-32-13-11-31(12-14-32)16-23(33)27-10-9-19-15-28-22-4-2-1-3-21(19)22/h1-8,15,28H,9-14,16-17H2,(H,27,33). The van der Waals surface area contributed by atoms with Crippen LogP contribution in [0.15, 0.2) is 59.3 Å². The third kappa shape index (κ3) is 5.47. The Kier molecular flexibility index (Phi) is 6.89. The average molecular weight is 479 g/mol. The van der Waals surface area contributed by atoms with Crippen molar-refractivity contribution in [1.29, 1.82) is 0 Å². The Morgan fingerprint density at radius 2 is 1.82 bits per heavy atom. The summed E-state index contributed by atoms with van der Waals surface area (Å²) in [5.41, 5.74) is 3.23. The second-order valence-electron chi connectivity index (χ2n) is 8.53. The van der Waals surface area contributed by atoms with Crippen LogP contribution in [0, 0.1) is 0 Å². The summed E-state index contributed by atoms with van der Waals surface area (Å²) in [7, 11) is 0. The summed E-state index contributed by atoms with van der Waals surface area (Å²) in [6.45, 7) is 5.01. The fourth-order valence-electron chi connectivity index (χ4n) is 4.27. The molecule has 3 heterocycles. The minimum absolute atomic E-state index is 0.0674. The first-order valence-electron chi connectivity index (χ1n) is 11.5. The molecule has 1 aliphatic heterocycles. The number of carbonyl (C=O) groups excluding carboxylic acids is 1. The second kappa shape index (κ2) is 10.4. The Balaban J connectivity index is 1.03. The summed E-state index contributed by atoms with van der Waals surface area (Å²) in [6.07, 6.45) is 2.84. The van der Waals surface area contributed by atoms with Crippen LogP contribution in [-0.4, -0.2) is 70.1 Å². The number of hydrogen-bond donors (Lipinski definition) is 2. The van der Waals surface area contributed by atoms with E-state index in [0.29, 0.717) is 36.4 Å². The Hall–Kier alpha value is -3.20. The summed E-state index contributed by atoms with van der Waals surface area (Å²) in [4.78, 5) is 24.7. The molecular formula is C25H27ClN6O2. The van der Waals surface area contributed by atoms with Crippen LogP contribution in [-0.2, 0) is 17.8 Å². The highest BCUT2D eigenvalue weighted by molar-refractivity contribution is 6.30. The molecule has 5 rings (SSSR count). The molecule has 34 heavy (non-hydrogen) atoms. The van der Waals surface area contributed by atoms with Crippen LogP contribution in [0.3, 0.4) is 0 Å². The number of nitrogens with zero attached hydrogens (tertiary/aromatic N) is 4. The highest BCUT2D eigenvalue weighted by Crippen LogP contribution is 2.20. The highest BCUT2D eigenvalue weighted by atomic mass is 35.5. The van der Waals surface area contributed by atoms with Gasteiger partial charge in [0.25, 0.3) is 0 Å². The molecule has 1 saturated heterocycles. The lowest BCUT2D eigenvalue weighted by Gasteiger charge is -2.33. The van der Waals surface area contributed by atoms with Crippen LogP contribution in [0.25, 0.3) is 22.3 Å². The van der Waals surface area contributed by atoms with E-state index in [1.165, 1.54) is 10.9 Å². The first-order chi connectivity index (χ1) is 16.6. The van der Waals surface area contributed by atoms with Crippen molar-refractivity contribution in [2.75, 3.05) is 39.3 Å². The molecule has 8 nitrogen and oxygen atoms in total. The number of aromatic nitrogens is 3. The van der Waals surface area contributed by atoms with Gasteiger partial charge in [-0.15, -0.1) is 0 Å². The molecule has 0 spiro atoms. The Bertz CT molecular complexity index is 1240. The van der Waals surface area contributed by atoms with Gasteiger partial charge in [-0.05, 0) is 42.3 Å². The van der Waals surface area contributed by atoms with Crippen LogP contribution < -0.4 is 5.32 Å². The molecule has 0 bridgehead atoms. The van der Waals surface area contributed by atoms with Crippen molar-refractivity contribution in [3.8, 4) is 11.4 Å². The Labute approximate surface area is 202 Å². The number of piperazine rings is 1. The monoisotopic (exact) mass is 478 g/mol. The molecule has 9 heteroatoms. The maximum Gasteiger partial charge on any atom is 0.241 e. The Morgan fingerprint density at radius 1 is 1.06 bits per heavy atom. The molecule has 2 N–H and O–H groups in total. The van der Waals surface area contributed by atoms with Crippen LogP contribution in [0.5, 0.6) is 0 Å². The normalized spacial score (nSPS) is 15.1. The predicted molar refractivity (Wildman–Crippen MR) is 131 cm³/mol. The van der Waals surface area contributed by atoms with E-state index in [1.54, 1.807) is 0 Å². The number of halogens is 1. The maximum absolute atomic E-state index is 12.4. The number of amides is 1. The van der Waals surface area contributed by atoms with E-state index in [1.807, 2.05) is 42.6 Å². The number of aromatic amines is 1. The molecule has 0 aliphatic carbocycles. The molecule has 0 unspecified atom stereocenters. The zero-order valence-electron chi connectivity index (χ0n) is 18.8. The summed E-state index contributed by atoms with van der Waals surface area (Å²) >= 11 is 5.94. The van der Waals surface area contributed by atoms with E-state index in [2.05, 4.69) is 42.4 Å². The maximum atomic E-state index is 12.4. The van der Waals surface area contributed by atoms with E-state index < -0.39 is 0 Å². The first kappa shape index (κ1) is 22.6. The van der Waals surface area contributed by atoms with E-state index in [9.17, 15) is 4.79 Å². The van der Waals surface area contributed by atoms with Gasteiger partial charge in [-0.25, -0.2) is 0 Å². The molecule has 0 saturated carbocycles. The number of H-pyrrole nitrogens is 1. The van der Waals surface area contributed by atoms with Crippen molar-refractivity contribution in [3.05, 3.63) is 71.2 Å². The number of benzene rings is 2. The zero-order chi connectivity index (χ0) is 23.3. The second-order valence-corrected chi connectivity index (χ2v) is 8.97. The minimum Gasteiger partial charge on any atom is -0.361 e. The predicted octanol–water partition coefficient (Wildman–Crippen LogP) is 3.35. The SMILES string of the molecule is O=C(CN1CCN(Cc2nc(-c3ccc(Cl)cc3)no2)CC1)NCCc1c[nH]c2ccccc12. The molecule has 0 atom stereocenters. The number of nitrogens with one attached hydrogen (secondary N) is 2. The van der Waals surface area contributed by atoms with Gasteiger partial charge in [-0.1, -0.05) is 35.0 Å². The molecule has 2 aromatic carbocycles. The molecule has 0 radical (unpaired) electrons. The number of hydrogen-bond acceptors (Lipinski definition) is 6. The average Bonchev–Trinajstić information content (AvgIpc) is 3.48. The highest BCUT2D eigenvalue weighted by Gasteiger charge is 2.21. The zero-order valence-corrected chi connectivity index (χ0v) is 19.6. The van der Waals surface area contributed by atoms with Crippen molar-refractivity contribution in [2.24, 2.45) is 0 Å². The van der Waals surface area contributed by atoms with Crippen molar-refractivity contribution >= 4 is 28.4 Å². The van der Waals surface area contributed by atoms with Crippen molar-refractivity contribution in [2.45, 2.75) is 13.0 Å². The van der Waals surface area contributed by atoms with Gasteiger partial charge < -0.3 is 14.8 Å². The van der Waals surface area contributed by atoms with E-state index in [0.717, 1.165) is 43.7 Å². The number of para-hydroxylation sites is 1. The number of rotatable bonds is 8. The largest absolute Gasteiger partial charge is 0.361 e. The van der Waals surface area contributed by atoms with Gasteiger partial charge >= 0.3 is 0 Å². The number of carbonyl (C=O) groups is 1. The van der Waals surface area contributed by atoms with Crippen LogP contribution in [0.1, 0.15) is 11.5 Å². The number of fused-ring (bicyclic) bond motifs is 1. The van der Waals surface area contributed by atoms with Gasteiger partial charge in [0.2, 0.25) is 17.6 Å². The van der Waals surface area contributed by atoms with Gasteiger partial charge in [0.05, 0.1) is 13.1 Å². The molecular weight excluding hydrogens is 452 g/mol. The fraction of sp³-hybridized carbons (Fsp3) is 0.320. The van der Waals surface area contributed by atoms with Crippen LogP contribution >= 0.6 is 11.6 Å². The lowest BCUT2D eigenvalue weighted by molar-refractivity contribution is -0.122. The third-order valence-corrected chi connectivity index (χ3v) is 6.40. The first-order valence-corrected chi connectivity index (χ1v) is 11.9. The minimum atomic E-state index is 0.0674. The van der Waals surface area contributed by atoms with Gasteiger partial charge in [-0.3, -0.25) is 14.6 Å². The van der Waals surface area contributed by atoms with Gasteiger partial charge in [0.15, 0.2) is 0 Å². The van der Waals surface area contributed by atoms with Crippen molar-refractivity contribution in [1.82, 2.24) is 30.2 Å². The quantitative estimate of drug-likeness (QED) is 0.403. The van der Waals surface area contributed by atoms with Crippen molar-refractivity contribution in [3.63, 3.8) is 0 Å². The molecule has 1 amide bonds. The summed E-state index contributed by atoms with van der Waals surface area (Å²) in [6, 6.07) is 15.6. The van der Waals surface area contributed by atoms with Gasteiger partial charge in [0.1, 0.15) is 0 Å². The summed E-state index contributed by atoms with van der Waals surface area (Å²) < 4.78 is 5.43. The Morgan fingerprint density at radius 3 is 2.65 bits per heavy atom. The fourth-order valence-corrected chi connectivity index (χ4v) is 4.39. The third-order valence-electron chi connectivity index (χ3n) is 6.15. The molecule has 2 aromatic heterocycles. The molecule has 1 fully saturated rings. The molecule has 1 aliphatic rings.